The Morgan fingerprint density at radius 1 is 0.931 bits per heavy atom. The molecule has 6 heteroatoms. The van der Waals surface area contributed by atoms with Crippen molar-refractivity contribution >= 4 is 17.7 Å². The summed E-state index contributed by atoms with van der Waals surface area (Å²) in [7, 11) is 0. The van der Waals surface area contributed by atoms with Gasteiger partial charge >= 0.3 is 0 Å². The molecule has 0 aromatic heterocycles. The van der Waals surface area contributed by atoms with Crippen LogP contribution in [0.4, 0.5) is 0 Å². The second kappa shape index (κ2) is 7.12. The maximum absolute atomic E-state index is 13.1. The maximum atomic E-state index is 13.1. The lowest BCUT2D eigenvalue weighted by molar-refractivity contribution is 0.0642. The molecule has 3 heterocycles. The number of rotatable bonds is 3. The Morgan fingerprint density at radius 2 is 1.69 bits per heavy atom. The average molecular weight is 389 g/mol. The minimum absolute atomic E-state index is 0.0658. The zero-order valence-electron chi connectivity index (χ0n) is 16.1. The van der Waals surface area contributed by atoms with Gasteiger partial charge in [0, 0.05) is 30.7 Å². The molecule has 0 aliphatic carbocycles. The SMILES string of the molecule is O=C(c1ccc2c(c1)C(=O)N(Cc1ccccc1)C2=O)N1CCC2CCC(C1)N2. The van der Waals surface area contributed by atoms with Crippen LogP contribution in [0.3, 0.4) is 0 Å². The number of imide groups is 1. The number of amides is 3. The zero-order chi connectivity index (χ0) is 20.0. The quantitative estimate of drug-likeness (QED) is 0.819. The van der Waals surface area contributed by atoms with Crippen LogP contribution in [-0.4, -0.2) is 52.7 Å². The third kappa shape index (κ3) is 3.23. The molecule has 0 saturated carbocycles. The number of nitrogens with zero attached hydrogens (tertiary/aromatic N) is 2. The van der Waals surface area contributed by atoms with Gasteiger partial charge in [-0.1, -0.05) is 30.3 Å². The summed E-state index contributed by atoms with van der Waals surface area (Å²) >= 11 is 0. The first-order valence-corrected chi connectivity index (χ1v) is 10.2. The number of likely N-dealkylation sites (tertiary alicyclic amines) is 1. The van der Waals surface area contributed by atoms with Crippen LogP contribution in [0.1, 0.15) is 55.9 Å². The smallest absolute Gasteiger partial charge is 0.261 e. The Morgan fingerprint density at radius 3 is 2.52 bits per heavy atom. The van der Waals surface area contributed by atoms with Crippen LogP contribution in [0, 0.1) is 0 Å². The lowest BCUT2D eigenvalue weighted by Crippen LogP contribution is -2.39. The lowest BCUT2D eigenvalue weighted by Gasteiger charge is -2.24. The molecule has 2 atom stereocenters. The number of nitrogens with one attached hydrogen (secondary N) is 1. The Balaban J connectivity index is 1.37. The molecular formula is C23H23N3O3. The van der Waals surface area contributed by atoms with Crippen molar-refractivity contribution in [3.63, 3.8) is 0 Å². The summed E-state index contributed by atoms with van der Waals surface area (Å²) in [5.41, 5.74) is 2.07. The van der Waals surface area contributed by atoms with Gasteiger partial charge in [-0.15, -0.1) is 0 Å². The summed E-state index contributed by atoms with van der Waals surface area (Å²) in [6, 6.07) is 15.2. The van der Waals surface area contributed by atoms with E-state index < -0.39 is 0 Å². The maximum Gasteiger partial charge on any atom is 0.261 e. The van der Waals surface area contributed by atoms with E-state index in [0.29, 0.717) is 35.3 Å². The molecule has 3 aliphatic heterocycles. The van der Waals surface area contributed by atoms with E-state index in [2.05, 4.69) is 5.32 Å². The Hall–Kier alpha value is -2.99. The summed E-state index contributed by atoms with van der Waals surface area (Å²) in [4.78, 5) is 41.8. The average Bonchev–Trinajstić information content (AvgIpc) is 3.19. The van der Waals surface area contributed by atoms with Gasteiger partial charge in [0.25, 0.3) is 17.7 Å². The van der Waals surface area contributed by atoms with E-state index >= 15 is 0 Å². The first kappa shape index (κ1) is 18.1. The molecule has 2 bridgehead atoms. The summed E-state index contributed by atoms with van der Waals surface area (Å²) in [6.07, 6.45) is 3.23. The highest BCUT2D eigenvalue weighted by molar-refractivity contribution is 6.22. The van der Waals surface area contributed by atoms with E-state index in [4.69, 9.17) is 0 Å². The van der Waals surface area contributed by atoms with Gasteiger partial charge in [0.15, 0.2) is 0 Å². The van der Waals surface area contributed by atoms with Crippen molar-refractivity contribution in [1.82, 2.24) is 15.1 Å². The Labute approximate surface area is 169 Å². The highest BCUT2D eigenvalue weighted by Gasteiger charge is 2.37. The molecule has 29 heavy (non-hydrogen) atoms. The summed E-state index contributed by atoms with van der Waals surface area (Å²) < 4.78 is 0. The predicted octanol–water partition coefficient (Wildman–Crippen LogP) is 2.45. The number of hydrogen-bond acceptors (Lipinski definition) is 4. The van der Waals surface area contributed by atoms with Gasteiger partial charge in [0.1, 0.15) is 0 Å². The zero-order valence-corrected chi connectivity index (χ0v) is 16.1. The summed E-state index contributed by atoms with van der Waals surface area (Å²) in [6.45, 7) is 1.65. The van der Waals surface area contributed by atoms with Gasteiger partial charge in [-0.3, -0.25) is 19.3 Å². The molecule has 2 aromatic carbocycles. The van der Waals surface area contributed by atoms with Gasteiger partial charge < -0.3 is 10.2 Å². The van der Waals surface area contributed by atoms with Gasteiger partial charge in [0.2, 0.25) is 0 Å². The highest BCUT2D eigenvalue weighted by Crippen LogP contribution is 2.27. The van der Waals surface area contributed by atoms with E-state index in [1.165, 1.54) is 11.3 Å². The highest BCUT2D eigenvalue weighted by atomic mass is 16.2. The molecule has 6 nitrogen and oxygen atoms in total. The van der Waals surface area contributed by atoms with E-state index in [1.807, 2.05) is 35.2 Å². The third-order valence-corrected chi connectivity index (χ3v) is 6.21. The summed E-state index contributed by atoms with van der Waals surface area (Å²) in [5.74, 6) is -0.701. The fourth-order valence-electron chi connectivity index (χ4n) is 4.64. The van der Waals surface area contributed by atoms with Crippen molar-refractivity contribution in [3.8, 4) is 0 Å². The number of carbonyl (C=O) groups excluding carboxylic acids is 3. The van der Waals surface area contributed by atoms with Crippen molar-refractivity contribution in [1.29, 1.82) is 0 Å². The van der Waals surface area contributed by atoms with E-state index in [-0.39, 0.29) is 24.3 Å². The van der Waals surface area contributed by atoms with Gasteiger partial charge in [-0.05, 0) is 43.0 Å². The normalized spacial score (nSPS) is 23.3. The Kier molecular flexibility index (Phi) is 4.43. The number of carbonyl (C=O) groups is 3. The molecule has 0 spiro atoms. The van der Waals surface area contributed by atoms with Crippen molar-refractivity contribution in [2.45, 2.75) is 37.9 Å². The van der Waals surface area contributed by atoms with Gasteiger partial charge in [0.05, 0.1) is 17.7 Å². The van der Waals surface area contributed by atoms with Gasteiger partial charge in [-0.25, -0.2) is 0 Å². The molecule has 2 fully saturated rings. The topological polar surface area (TPSA) is 69.7 Å². The van der Waals surface area contributed by atoms with Crippen LogP contribution >= 0.6 is 0 Å². The molecule has 2 aromatic rings. The first-order chi connectivity index (χ1) is 14.1. The van der Waals surface area contributed by atoms with E-state index in [0.717, 1.165) is 24.9 Å². The summed E-state index contributed by atoms with van der Waals surface area (Å²) in [5, 5.41) is 3.57. The number of benzene rings is 2. The second-order valence-corrected chi connectivity index (χ2v) is 8.12. The largest absolute Gasteiger partial charge is 0.337 e. The molecule has 2 saturated heterocycles. The molecule has 0 radical (unpaired) electrons. The minimum atomic E-state index is -0.333. The number of fused-ring (bicyclic) bond motifs is 3. The fraction of sp³-hybridized carbons (Fsp3) is 0.348. The van der Waals surface area contributed by atoms with Crippen LogP contribution in [0.5, 0.6) is 0 Å². The van der Waals surface area contributed by atoms with Crippen LogP contribution < -0.4 is 5.32 Å². The first-order valence-electron chi connectivity index (χ1n) is 10.2. The van der Waals surface area contributed by atoms with Crippen LogP contribution in [0.15, 0.2) is 48.5 Å². The molecule has 3 aliphatic rings. The monoisotopic (exact) mass is 389 g/mol. The van der Waals surface area contributed by atoms with Crippen molar-refractivity contribution in [3.05, 3.63) is 70.8 Å². The van der Waals surface area contributed by atoms with Crippen LogP contribution in [0.2, 0.25) is 0 Å². The van der Waals surface area contributed by atoms with Crippen molar-refractivity contribution in [2.75, 3.05) is 13.1 Å². The van der Waals surface area contributed by atoms with Crippen molar-refractivity contribution in [2.24, 2.45) is 0 Å². The third-order valence-electron chi connectivity index (χ3n) is 6.21. The molecule has 148 valence electrons. The lowest BCUT2D eigenvalue weighted by atomic mass is 10.0. The molecular weight excluding hydrogens is 366 g/mol. The predicted molar refractivity (Wildman–Crippen MR) is 108 cm³/mol. The van der Waals surface area contributed by atoms with Crippen LogP contribution in [-0.2, 0) is 6.54 Å². The van der Waals surface area contributed by atoms with Crippen LogP contribution in [0.25, 0.3) is 0 Å². The fourth-order valence-corrected chi connectivity index (χ4v) is 4.64. The second-order valence-electron chi connectivity index (χ2n) is 8.12. The van der Waals surface area contributed by atoms with E-state index in [1.54, 1.807) is 18.2 Å². The molecule has 1 N–H and O–H groups in total. The molecule has 5 rings (SSSR count). The molecule has 2 unspecified atom stereocenters. The Bertz CT molecular complexity index is 988. The van der Waals surface area contributed by atoms with E-state index in [9.17, 15) is 14.4 Å². The standard InChI is InChI=1S/C23H23N3O3/c27-21(25-11-10-17-7-8-18(14-25)24-17)16-6-9-19-20(12-16)23(29)26(22(19)28)13-15-4-2-1-3-5-15/h1-6,9,12,17-18,24H,7-8,10-11,13-14H2. The van der Waals surface area contributed by atoms with Crippen molar-refractivity contribution < 1.29 is 14.4 Å². The van der Waals surface area contributed by atoms with Gasteiger partial charge in [-0.2, -0.15) is 0 Å². The number of hydrogen-bond donors (Lipinski definition) is 1. The minimum Gasteiger partial charge on any atom is -0.337 e. The molecule has 3 amide bonds.